The molecule has 32 heavy (non-hydrogen) atoms. The zero-order valence-corrected chi connectivity index (χ0v) is 18.4. The van der Waals surface area contributed by atoms with Crippen molar-refractivity contribution >= 4 is 33.2 Å². The van der Waals surface area contributed by atoms with E-state index in [0.29, 0.717) is 29.9 Å². The van der Waals surface area contributed by atoms with Crippen LogP contribution in [0, 0.1) is 0 Å². The second-order valence-corrected chi connectivity index (χ2v) is 9.75. The first-order valence-electron chi connectivity index (χ1n) is 9.86. The lowest BCUT2D eigenvalue weighted by atomic mass is 10.2. The fraction of sp³-hybridized carbons (Fsp3) is 0.400. The minimum atomic E-state index is -4.74. The molecule has 0 saturated carbocycles. The van der Waals surface area contributed by atoms with Crippen molar-refractivity contribution in [2.45, 2.75) is 43.3 Å². The van der Waals surface area contributed by atoms with Crippen molar-refractivity contribution in [3.63, 3.8) is 0 Å². The average molecular weight is 492 g/mol. The van der Waals surface area contributed by atoms with E-state index in [9.17, 15) is 31.2 Å². The second kappa shape index (κ2) is 9.63. The SMILES string of the molecule is O=C(Cn1cc(C(F)(F)F)cc(Cl)c1=O)Nc1cccc(S(=O)(=O)N2CCCCCC2)c1. The minimum absolute atomic E-state index is 0.00326. The van der Waals surface area contributed by atoms with Gasteiger partial charge < -0.3 is 9.88 Å². The maximum absolute atomic E-state index is 13.0. The van der Waals surface area contributed by atoms with Gasteiger partial charge in [-0.25, -0.2) is 8.42 Å². The Balaban J connectivity index is 1.78. The van der Waals surface area contributed by atoms with Crippen LogP contribution in [-0.2, 0) is 27.5 Å². The van der Waals surface area contributed by atoms with E-state index in [1.807, 2.05) is 0 Å². The van der Waals surface area contributed by atoms with Crippen molar-refractivity contribution in [1.82, 2.24) is 8.87 Å². The molecule has 0 radical (unpaired) electrons. The lowest BCUT2D eigenvalue weighted by Crippen LogP contribution is -2.32. The van der Waals surface area contributed by atoms with Gasteiger partial charge in [-0.15, -0.1) is 0 Å². The lowest BCUT2D eigenvalue weighted by molar-refractivity contribution is -0.138. The molecule has 1 fully saturated rings. The molecule has 1 amide bonds. The van der Waals surface area contributed by atoms with Crippen LogP contribution in [0.2, 0.25) is 5.02 Å². The molecule has 0 spiro atoms. The average Bonchev–Trinajstić information content (AvgIpc) is 3.01. The number of nitrogens with zero attached hydrogens (tertiary/aromatic N) is 2. The molecule has 2 aromatic rings. The zero-order chi connectivity index (χ0) is 23.5. The highest BCUT2D eigenvalue weighted by atomic mass is 35.5. The Bertz CT molecular complexity index is 1160. The van der Waals surface area contributed by atoms with Crippen LogP contribution in [-0.4, -0.2) is 36.3 Å². The first-order chi connectivity index (χ1) is 15.0. The number of hydrogen-bond acceptors (Lipinski definition) is 4. The summed E-state index contributed by atoms with van der Waals surface area (Å²) < 4.78 is 66.7. The zero-order valence-electron chi connectivity index (χ0n) is 16.9. The van der Waals surface area contributed by atoms with Crippen LogP contribution in [0.3, 0.4) is 0 Å². The Kier molecular flexibility index (Phi) is 7.31. The summed E-state index contributed by atoms with van der Waals surface area (Å²) in [5.74, 6) is -0.813. The summed E-state index contributed by atoms with van der Waals surface area (Å²) in [7, 11) is -3.75. The molecule has 0 aliphatic carbocycles. The second-order valence-electron chi connectivity index (χ2n) is 7.40. The van der Waals surface area contributed by atoms with E-state index in [0.717, 1.165) is 25.7 Å². The Morgan fingerprint density at radius 3 is 2.38 bits per heavy atom. The van der Waals surface area contributed by atoms with Gasteiger partial charge in [0.15, 0.2) is 0 Å². The summed E-state index contributed by atoms with van der Waals surface area (Å²) in [6, 6.07) is 6.08. The van der Waals surface area contributed by atoms with Gasteiger partial charge in [-0.2, -0.15) is 17.5 Å². The van der Waals surface area contributed by atoms with Crippen LogP contribution in [0.15, 0.2) is 46.2 Å². The van der Waals surface area contributed by atoms with Crippen LogP contribution in [0.5, 0.6) is 0 Å². The van der Waals surface area contributed by atoms with Gasteiger partial charge in [-0.1, -0.05) is 30.5 Å². The summed E-state index contributed by atoms with van der Waals surface area (Å²) in [5, 5.41) is 1.75. The van der Waals surface area contributed by atoms with Crippen LogP contribution in [0.25, 0.3) is 0 Å². The molecular formula is C20H21ClF3N3O4S. The fourth-order valence-electron chi connectivity index (χ4n) is 3.39. The van der Waals surface area contributed by atoms with Gasteiger partial charge in [0.05, 0.1) is 10.5 Å². The van der Waals surface area contributed by atoms with E-state index in [1.165, 1.54) is 28.6 Å². The summed E-state index contributed by atoms with van der Waals surface area (Å²) in [6.07, 6.45) is -0.782. The molecule has 3 rings (SSSR count). The van der Waals surface area contributed by atoms with Crippen molar-refractivity contribution in [2.24, 2.45) is 0 Å². The molecule has 0 unspecified atom stereocenters. The molecule has 1 aromatic carbocycles. The highest BCUT2D eigenvalue weighted by molar-refractivity contribution is 7.89. The third-order valence-corrected chi connectivity index (χ3v) is 7.17. The van der Waals surface area contributed by atoms with Gasteiger partial charge in [0.2, 0.25) is 15.9 Å². The molecule has 174 valence electrons. The molecule has 1 aliphatic heterocycles. The molecular weight excluding hydrogens is 471 g/mol. The Morgan fingerprint density at radius 2 is 1.75 bits per heavy atom. The van der Waals surface area contributed by atoms with Crippen molar-refractivity contribution in [2.75, 3.05) is 18.4 Å². The lowest BCUT2D eigenvalue weighted by Gasteiger charge is -2.20. The van der Waals surface area contributed by atoms with E-state index in [2.05, 4.69) is 5.32 Å². The molecule has 0 atom stereocenters. The van der Waals surface area contributed by atoms with E-state index in [4.69, 9.17) is 11.6 Å². The maximum Gasteiger partial charge on any atom is 0.417 e. The van der Waals surface area contributed by atoms with Gasteiger partial charge in [0.1, 0.15) is 11.6 Å². The number of anilines is 1. The summed E-state index contributed by atoms with van der Waals surface area (Å²) in [6.45, 7) is 0.0991. The molecule has 1 aliphatic rings. The third kappa shape index (κ3) is 5.70. The van der Waals surface area contributed by atoms with E-state index >= 15 is 0 Å². The standard InChI is InChI=1S/C20H21ClF3N3O4S/c21-17-10-14(20(22,23)24)12-26(19(17)29)13-18(28)25-15-6-5-7-16(11-15)32(30,31)27-8-3-1-2-4-9-27/h5-7,10-12H,1-4,8-9,13H2,(H,25,28). The number of rotatable bonds is 5. The van der Waals surface area contributed by atoms with Gasteiger partial charge >= 0.3 is 6.18 Å². The Labute approximate surface area is 187 Å². The predicted molar refractivity (Wildman–Crippen MR) is 113 cm³/mol. The van der Waals surface area contributed by atoms with Gasteiger partial charge in [0, 0.05) is 25.0 Å². The van der Waals surface area contributed by atoms with Gasteiger partial charge in [0.25, 0.3) is 5.56 Å². The molecule has 7 nitrogen and oxygen atoms in total. The van der Waals surface area contributed by atoms with Crippen molar-refractivity contribution < 1.29 is 26.4 Å². The summed E-state index contributed by atoms with van der Waals surface area (Å²) >= 11 is 5.59. The number of nitrogens with one attached hydrogen (secondary N) is 1. The largest absolute Gasteiger partial charge is 0.417 e. The van der Waals surface area contributed by atoms with Crippen molar-refractivity contribution in [3.05, 3.63) is 57.5 Å². The van der Waals surface area contributed by atoms with Crippen molar-refractivity contribution in [1.29, 1.82) is 0 Å². The van der Waals surface area contributed by atoms with Crippen LogP contribution >= 0.6 is 11.6 Å². The quantitative estimate of drug-likeness (QED) is 0.690. The molecule has 2 heterocycles. The first kappa shape index (κ1) is 24.3. The third-order valence-electron chi connectivity index (χ3n) is 5.00. The highest BCUT2D eigenvalue weighted by Crippen LogP contribution is 2.29. The number of sulfonamides is 1. The number of benzene rings is 1. The van der Waals surface area contributed by atoms with Gasteiger partial charge in [-0.05, 0) is 37.1 Å². The number of amides is 1. The topological polar surface area (TPSA) is 88.5 Å². The predicted octanol–water partition coefficient (Wildman–Crippen LogP) is 3.72. The number of carbonyl (C=O) groups excluding carboxylic acids is 1. The normalized spacial score (nSPS) is 15.9. The van der Waals surface area contributed by atoms with E-state index in [1.54, 1.807) is 0 Å². The molecule has 1 aromatic heterocycles. The number of hydrogen-bond donors (Lipinski definition) is 1. The smallest absolute Gasteiger partial charge is 0.324 e. The van der Waals surface area contributed by atoms with Crippen molar-refractivity contribution in [3.8, 4) is 0 Å². The molecule has 12 heteroatoms. The summed E-state index contributed by atoms with van der Waals surface area (Å²) in [4.78, 5) is 24.4. The first-order valence-corrected chi connectivity index (χ1v) is 11.7. The van der Waals surface area contributed by atoms with Crippen LogP contribution in [0.4, 0.5) is 18.9 Å². The number of carbonyl (C=O) groups is 1. The van der Waals surface area contributed by atoms with Gasteiger partial charge in [-0.3, -0.25) is 9.59 Å². The monoisotopic (exact) mass is 491 g/mol. The van der Waals surface area contributed by atoms with Crippen LogP contribution in [0.1, 0.15) is 31.2 Å². The van der Waals surface area contributed by atoms with E-state index < -0.39 is 44.8 Å². The Morgan fingerprint density at radius 1 is 1.09 bits per heavy atom. The Hall–Kier alpha value is -2.37. The fourth-order valence-corrected chi connectivity index (χ4v) is 5.18. The maximum atomic E-state index is 13.0. The number of alkyl halides is 3. The molecule has 0 bridgehead atoms. The number of pyridine rings is 1. The molecule has 1 N–H and O–H groups in total. The molecule has 1 saturated heterocycles. The highest BCUT2D eigenvalue weighted by Gasteiger charge is 2.32. The number of aromatic nitrogens is 1. The summed E-state index contributed by atoms with van der Waals surface area (Å²) in [5.41, 5.74) is -1.98. The minimum Gasteiger partial charge on any atom is -0.324 e. The van der Waals surface area contributed by atoms with Crippen LogP contribution < -0.4 is 10.9 Å². The number of halogens is 4. The van der Waals surface area contributed by atoms with E-state index in [-0.39, 0.29) is 10.6 Å².